The average Bonchev–Trinajstić information content (AvgIpc) is 2.62. The van der Waals surface area contributed by atoms with Crippen molar-refractivity contribution in [3.05, 3.63) is 34.7 Å². The first-order valence-electron chi connectivity index (χ1n) is 7.60. The molecule has 2 aromatic rings. The summed E-state index contributed by atoms with van der Waals surface area (Å²) in [6.07, 6.45) is 8.84. The molecule has 0 bridgehead atoms. The van der Waals surface area contributed by atoms with Gasteiger partial charge in [-0.05, 0) is 31.9 Å². The number of nitrogens with zero attached hydrogens (tertiary/aromatic N) is 2. The first-order chi connectivity index (χ1) is 10.1. The number of nitrogens with one attached hydrogen (secondary N) is 1. The normalized spacial score (nSPS) is 16.9. The Balaban J connectivity index is 1.86. The molecule has 1 fully saturated rings. The molecule has 0 saturated heterocycles. The molecular formula is C16H20ClN3O. The summed E-state index contributed by atoms with van der Waals surface area (Å²) < 4.78 is 1.78. The van der Waals surface area contributed by atoms with Crippen molar-refractivity contribution in [2.24, 2.45) is 0 Å². The first kappa shape index (κ1) is 14.4. The van der Waals surface area contributed by atoms with Crippen LogP contribution in [0.4, 0.5) is 0 Å². The van der Waals surface area contributed by atoms with Crippen molar-refractivity contribution in [2.75, 3.05) is 0 Å². The zero-order valence-electron chi connectivity index (χ0n) is 12.2. The van der Waals surface area contributed by atoms with E-state index in [1.54, 1.807) is 16.7 Å². The topological polar surface area (TPSA) is 46.4 Å². The summed E-state index contributed by atoms with van der Waals surface area (Å²) in [5, 5.41) is 3.77. The summed E-state index contributed by atoms with van der Waals surface area (Å²) >= 11 is 6.04. The Morgan fingerprint density at radius 1 is 1.29 bits per heavy atom. The predicted molar refractivity (Wildman–Crippen MR) is 83.9 cm³/mol. The van der Waals surface area contributed by atoms with E-state index >= 15 is 0 Å². The number of aromatic nitrogens is 2. The molecule has 0 radical (unpaired) electrons. The number of fused-ring (bicyclic) bond motifs is 1. The summed E-state index contributed by atoms with van der Waals surface area (Å²) in [6.45, 7) is 1.86. The minimum absolute atomic E-state index is 0.0471. The third-order valence-corrected chi connectivity index (χ3v) is 4.39. The van der Waals surface area contributed by atoms with Crippen LogP contribution in [0.2, 0.25) is 5.02 Å². The zero-order chi connectivity index (χ0) is 14.8. The van der Waals surface area contributed by atoms with E-state index in [0.717, 1.165) is 24.2 Å². The Hall–Kier alpha value is -1.55. The Morgan fingerprint density at radius 2 is 2.00 bits per heavy atom. The molecule has 0 aromatic carbocycles. The molecule has 0 spiro atoms. The maximum atomic E-state index is 12.6. The van der Waals surface area contributed by atoms with Gasteiger partial charge in [0.15, 0.2) is 0 Å². The van der Waals surface area contributed by atoms with Crippen molar-refractivity contribution >= 4 is 23.2 Å². The fourth-order valence-corrected chi connectivity index (χ4v) is 3.25. The lowest BCUT2D eigenvalue weighted by Gasteiger charge is -2.16. The quantitative estimate of drug-likeness (QED) is 0.859. The zero-order valence-corrected chi connectivity index (χ0v) is 13.0. The van der Waals surface area contributed by atoms with E-state index in [1.807, 2.05) is 13.0 Å². The minimum atomic E-state index is -0.0471. The molecule has 2 aromatic heterocycles. The number of aryl methyl sites for hydroxylation is 1. The summed E-state index contributed by atoms with van der Waals surface area (Å²) in [5.41, 5.74) is 2.09. The average molecular weight is 306 g/mol. The largest absolute Gasteiger partial charge is 0.348 e. The number of amides is 1. The van der Waals surface area contributed by atoms with E-state index in [1.165, 1.54) is 25.7 Å². The van der Waals surface area contributed by atoms with Crippen LogP contribution in [0.1, 0.15) is 54.7 Å². The molecular weight excluding hydrogens is 286 g/mol. The second-order valence-electron chi connectivity index (χ2n) is 5.78. The van der Waals surface area contributed by atoms with Crippen LogP contribution in [0.15, 0.2) is 18.3 Å². The van der Waals surface area contributed by atoms with E-state index in [0.29, 0.717) is 10.7 Å². The highest BCUT2D eigenvalue weighted by Crippen LogP contribution is 2.19. The number of rotatable bonds is 2. The van der Waals surface area contributed by atoms with Crippen LogP contribution in [-0.4, -0.2) is 21.3 Å². The lowest BCUT2D eigenvalue weighted by atomic mass is 10.1. The lowest BCUT2D eigenvalue weighted by molar-refractivity contribution is 0.0926. The van der Waals surface area contributed by atoms with Gasteiger partial charge in [-0.3, -0.25) is 9.20 Å². The van der Waals surface area contributed by atoms with E-state index < -0.39 is 0 Å². The summed E-state index contributed by atoms with van der Waals surface area (Å²) in [7, 11) is 0. The van der Waals surface area contributed by atoms with Crippen LogP contribution >= 0.6 is 11.6 Å². The first-order valence-corrected chi connectivity index (χ1v) is 7.98. The highest BCUT2D eigenvalue weighted by Gasteiger charge is 2.20. The third-order valence-electron chi connectivity index (χ3n) is 4.16. The fraction of sp³-hybridized carbons (Fsp3) is 0.500. The van der Waals surface area contributed by atoms with Gasteiger partial charge in [-0.1, -0.05) is 37.3 Å². The molecule has 5 heteroatoms. The molecule has 0 aliphatic heterocycles. The number of hydrogen-bond acceptors (Lipinski definition) is 2. The molecule has 0 atom stereocenters. The monoisotopic (exact) mass is 305 g/mol. The SMILES string of the molecule is Cc1nc2ccc(Cl)cn2c1C(=O)NC1CCCCCC1. The van der Waals surface area contributed by atoms with E-state index in [2.05, 4.69) is 10.3 Å². The molecule has 0 unspecified atom stereocenters. The van der Waals surface area contributed by atoms with Crippen molar-refractivity contribution in [1.82, 2.24) is 14.7 Å². The molecule has 112 valence electrons. The number of imidazole rings is 1. The van der Waals surface area contributed by atoms with Gasteiger partial charge in [-0.15, -0.1) is 0 Å². The predicted octanol–water partition coefficient (Wildman–Crippen LogP) is 3.75. The molecule has 21 heavy (non-hydrogen) atoms. The molecule has 1 saturated carbocycles. The maximum absolute atomic E-state index is 12.6. The molecule has 4 nitrogen and oxygen atoms in total. The standard InChI is InChI=1S/C16H20ClN3O/c1-11-15(20-10-12(17)8-9-14(20)18-11)16(21)19-13-6-4-2-3-5-7-13/h8-10,13H,2-7H2,1H3,(H,19,21). The second-order valence-corrected chi connectivity index (χ2v) is 6.22. The highest BCUT2D eigenvalue weighted by atomic mass is 35.5. The van der Waals surface area contributed by atoms with Gasteiger partial charge in [0, 0.05) is 12.2 Å². The van der Waals surface area contributed by atoms with Crippen LogP contribution in [0.25, 0.3) is 5.65 Å². The molecule has 2 heterocycles. The smallest absolute Gasteiger partial charge is 0.270 e. The molecule has 1 aliphatic carbocycles. The number of pyridine rings is 1. The number of hydrogen-bond donors (Lipinski definition) is 1. The van der Waals surface area contributed by atoms with E-state index in [4.69, 9.17) is 11.6 Å². The molecule has 1 N–H and O–H groups in total. The Morgan fingerprint density at radius 3 is 2.71 bits per heavy atom. The van der Waals surface area contributed by atoms with Crippen molar-refractivity contribution in [3.8, 4) is 0 Å². The molecule has 3 rings (SSSR count). The van der Waals surface area contributed by atoms with Crippen LogP contribution < -0.4 is 5.32 Å². The van der Waals surface area contributed by atoms with Gasteiger partial charge >= 0.3 is 0 Å². The number of carbonyl (C=O) groups excluding carboxylic acids is 1. The lowest BCUT2D eigenvalue weighted by Crippen LogP contribution is -2.35. The summed E-state index contributed by atoms with van der Waals surface area (Å²) in [5.74, 6) is -0.0471. The van der Waals surface area contributed by atoms with Crippen molar-refractivity contribution in [1.29, 1.82) is 0 Å². The van der Waals surface area contributed by atoms with Crippen molar-refractivity contribution < 1.29 is 4.79 Å². The maximum Gasteiger partial charge on any atom is 0.270 e. The van der Waals surface area contributed by atoms with Gasteiger partial charge in [0.2, 0.25) is 0 Å². The van der Waals surface area contributed by atoms with Crippen LogP contribution in [0.5, 0.6) is 0 Å². The van der Waals surface area contributed by atoms with Crippen LogP contribution in [-0.2, 0) is 0 Å². The number of carbonyl (C=O) groups is 1. The van der Waals surface area contributed by atoms with E-state index in [-0.39, 0.29) is 11.9 Å². The highest BCUT2D eigenvalue weighted by molar-refractivity contribution is 6.30. The van der Waals surface area contributed by atoms with Gasteiger partial charge in [-0.2, -0.15) is 0 Å². The van der Waals surface area contributed by atoms with Crippen LogP contribution in [0, 0.1) is 6.92 Å². The van der Waals surface area contributed by atoms with Crippen molar-refractivity contribution in [2.45, 2.75) is 51.5 Å². The Labute approximate surface area is 129 Å². The fourth-order valence-electron chi connectivity index (χ4n) is 3.09. The van der Waals surface area contributed by atoms with Gasteiger partial charge in [-0.25, -0.2) is 4.98 Å². The third kappa shape index (κ3) is 3.05. The van der Waals surface area contributed by atoms with Gasteiger partial charge in [0.25, 0.3) is 5.91 Å². The van der Waals surface area contributed by atoms with Gasteiger partial charge in [0.1, 0.15) is 11.3 Å². The van der Waals surface area contributed by atoms with E-state index in [9.17, 15) is 4.79 Å². The molecule has 1 amide bonds. The Bertz CT molecular complexity index is 657. The Kier molecular flexibility index (Phi) is 4.15. The summed E-state index contributed by atoms with van der Waals surface area (Å²) in [4.78, 5) is 17.0. The van der Waals surface area contributed by atoms with Crippen LogP contribution in [0.3, 0.4) is 0 Å². The molecule has 1 aliphatic rings. The van der Waals surface area contributed by atoms with Gasteiger partial charge < -0.3 is 5.32 Å². The van der Waals surface area contributed by atoms with Gasteiger partial charge in [0.05, 0.1) is 10.7 Å². The number of halogens is 1. The minimum Gasteiger partial charge on any atom is -0.348 e. The van der Waals surface area contributed by atoms with Crippen molar-refractivity contribution in [3.63, 3.8) is 0 Å². The summed E-state index contributed by atoms with van der Waals surface area (Å²) in [6, 6.07) is 3.90. The second kappa shape index (κ2) is 6.06.